The molecule has 2 unspecified atom stereocenters. The van der Waals surface area contributed by atoms with Crippen molar-refractivity contribution < 1.29 is 13.2 Å². The van der Waals surface area contributed by atoms with E-state index in [1.54, 1.807) is 12.1 Å². The fourth-order valence-corrected chi connectivity index (χ4v) is 4.78. The van der Waals surface area contributed by atoms with Crippen molar-refractivity contribution in [1.82, 2.24) is 5.32 Å². The van der Waals surface area contributed by atoms with E-state index in [0.717, 1.165) is 12.0 Å². The molecule has 1 saturated heterocycles. The number of aryl methyl sites for hydroxylation is 1. The molecule has 1 aromatic carbocycles. The first-order valence-electron chi connectivity index (χ1n) is 6.16. The van der Waals surface area contributed by atoms with Crippen LogP contribution in [0.1, 0.15) is 22.8 Å². The Kier molecular flexibility index (Phi) is 4.16. The van der Waals surface area contributed by atoms with Gasteiger partial charge >= 0.3 is 0 Å². The largest absolute Gasteiger partial charge is 0.347 e. The highest BCUT2D eigenvalue weighted by atomic mass is 35.5. The van der Waals surface area contributed by atoms with Crippen molar-refractivity contribution in [1.29, 1.82) is 0 Å². The van der Waals surface area contributed by atoms with Crippen molar-refractivity contribution in [3.63, 3.8) is 0 Å². The number of carbonyl (C=O) groups is 1. The number of hydrogen-bond acceptors (Lipinski definition) is 3. The molecule has 0 spiro atoms. The van der Waals surface area contributed by atoms with E-state index in [9.17, 15) is 13.2 Å². The highest BCUT2D eigenvalue weighted by Crippen LogP contribution is 2.19. The zero-order chi connectivity index (χ0) is 14.0. The number of sulfone groups is 1. The Morgan fingerprint density at radius 3 is 2.63 bits per heavy atom. The van der Waals surface area contributed by atoms with Crippen molar-refractivity contribution in [2.75, 3.05) is 11.5 Å². The minimum absolute atomic E-state index is 0.0745. The van der Waals surface area contributed by atoms with Gasteiger partial charge in [0, 0.05) is 5.56 Å². The summed E-state index contributed by atoms with van der Waals surface area (Å²) in [6, 6.07) is 6.78. The molecule has 0 aliphatic carbocycles. The molecule has 4 nitrogen and oxygen atoms in total. The average Bonchev–Trinajstić information content (AvgIpc) is 2.62. The third kappa shape index (κ3) is 3.28. The van der Waals surface area contributed by atoms with Gasteiger partial charge in [0.2, 0.25) is 0 Å². The summed E-state index contributed by atoms with van der Waals surface area (Å²) in [5, 5.41) is 2.17. The SMILES string of the molecule is CCc1ccccc1C(=O)NC1CS(=O)(=O)CC1Cl. The van der Waals surface area contributed by atoms with E-state index >= 15 is 0 Å². The Bertz CT molecular complexity index is 585. The van der Waals surface area contributed by atoms with Gasteiger partial charge in [-0.1, -0.05) is 25.1 Å². The molecule has 1 N–H and O–H groups in total. The molecule has 1 aromatic rings. The third-order valence-corrected chi connectivity index (χ3v) is 5.62. The number of carbonyl (C=O) groups excluding carboxylic acids is 1. The number of alkyl halides is 1. The lowest BCUT2D eigenvalue weighted by Gasteiger charge is -2.15. The number of amides is 1. The standard InChI is InChI=1S/C13H16ClNO3S/c1-2-9-5-3-4-6-10(9)13(16)15-12-8-19(17,18)7-11(12)14/h3-6,11-12H,2,7-8H2,1H3,(H,15,16). The number of nitrogens with one attached hydrogen (secondary N) is 1. The lowest BCUT2D eigenvalue weighted by molar-refractivity contribution is 0.0940. The summed E-state index contributed by atoms with van der Waals surface area (Å²) in [4.78, 5) is 12.2. The summed E-state index contributed by atoms with van der Waals surface area (Å²) in [5.74, 6) is -0.416. The van der Waals surface area contributed by atoms with Crippen LogP contribution < -0.4 is 5.32 Å². The topological polar surface area (TPSA) is 63.2 Å². The highest BCUT2D eigenvalue weighted by molar-refractivity contribution is 7.91. The lowest BCUT2D eigenvalue weighted by Crippen LogP contribution is -2.40. The van der Waals surface area contributed by atoms with Crippen LogP contribution in [0.2, 0.25) is 0 Å². The fourth-order valence-electron chi connectivity index (χ4n) is 2.23. The fraction of sp³-hybridized carbons (Fsp3) is 0.462. The van der Waals surface area contributed by atoms with E-state index in [-0.39, 0.29) is 17.4 Å². The van der Waals surface area contributed by atoms with Crippen LogP contribution >= 0.6 is 11.6 Å². The van der Waals surface area contributed by atoms with Crippen LogP contribution in [0.15, 0.2) is 24.3 Å². The van der Waals surface area contributed by atoms with Crippen molar-refractivity contribution in [2.24, 2.45) is 0 Å². The molecular formula is C13H16ClNO3S. The zero-order valence-corrected chi connectivity index (χ0v) is 12.2. The third-order valence-electron chi connectivity index (χ3n) is 3.24. The van der Waals surface area contributed by atoms with E-state index in [1.807, 2.05) is 19.1 Å². The Labute approximate surface area is 118 Å². The van der Waals surface area contributed by atoms with Crippen molar-refractivity contribution >= 4 is 27.3 Å². The van der Waals surface area contributed by atoms with Crippen molar-refractivity contribution in [3.8, 4) is 0 Å². The van der Waals surface area contributed by atoms with Gasteiger partial charge in [-0.25, -0.2) is 8.42 Å². The first kappa shape index (κ1) is 14.3. The van der Waals surface area contributed by atoms with Crippen LogP contribution in [0.25, 0.3) is 0 Å². The van der Waals surface area contributed by atoms with Crippen LogP contribution in [0.3, 0.4) is 0 Å². The monoisotopic (exact) mass is 301 g/mol. The summed E-state index contributed by atoms with van der Waals surface area (Å²) in [6.45, 7) is 1.97. The lowest BCUT2D eigenvalue weighted by atomic mass is 10.0. The normalized spacial score (nSPS) is 25.2. The van der Waals surface area contributed by atoms with Gasteiger partial charge in [0.05, 0.1) is 22.9 Å². The second-order valence-electron chi connectivity index (χ2n) is 4.68. The first-order valence-corrected chi connectivity index (χ1v) is 8.42. The number of rotatable bonds is 3. The molecule has 1 heterocycles. The second kappa shape index (κ2) is 5.51. The van der Waals surface area contributed by atoms with E-state index in [0.29, 0.717) is 5.56 Å². The molecule has 1 fully saturated rings. The van der Waals surface area contributed by atoms with E-state index < -0.39 is 21.3 Å². The van der Waals surface area contributed by atoms with Crippen LogP contribution in [0.4, 0.5) is 0 Å². The maximum Gasteiger partial charge on any atom is 0.251 e. The molecule has 104 valence electrons. The Morgan fingerprint density at radius 1 is 1.37 bits per heavy atom. The minimum atomic E-state index is -3.13. The quantitative estimate of drug-likeness (QED) is 0.858. The smallest absolute Gasteiger partial charge is 0.251 e. The van der Waals surface area contributed by atoms with Gasteiger partial charge in [-0.15, -0.1) is 11.6 Å². The van der Waals surface area contributed by atoms with Gasteiger partial charge in [0.15, 0.2) is 9.84 Å². The Balaban J connectivity index is 2.14. The van der Waals surface area contributed by atoms with Crippen molar-refractivity contribution in [3.05, 3.63) is 35.4 Å². The predicted molar refractivity (Wildman–Crippen MR) is 75.4 cm³/mol. The maximum absolute atomic E-state index is 12.2. The molecule has 19 heavy (non-hydrogen) atoms. The Morgan fingerprint density at radius 2 is 2.05 bits per heavy atom. The summed E-state index contributed by atoms with van der Waals surface area (Å²) in [7, 11) is -3.13. The summed E-state index contributed by atoms with van der Waals surface area (Å²) >= 11 is 5.97. The second-order valence-corrected chi connectivity index (χ2v) is 7.40. The van der Waals surface area contributed by atoms with Gasteiger partial charge in [-0.2, -0.15) is 0 Å². The molecule has 0 radical (unpaired) electrons. The minimum Gasteiger partial charge on any atom is -0.347 e. The molecule has 1 aliphatic rings. The average molecular weight is 302 g/mol. The Hall–Kier alpha value is -1.07. The summed E-state index contributed by atoms with van der Waals surface area (Å²) in [5.41, 5.74) is 1.52. The number of benzene rings is 1. The molecule has 0 saturated carbocycles. The molecule has 2 rings (SSSR count). The van der Waals surface area contributed by atoms with Crippen LogP contribution in [0.5, 0.6) is 0 Å². The molecular weight excluding hydrogens is 286 g/mol. The highest BCUT2D eigenvalue weighted by Gasteiger charge is 2.37. The maximum atomic E-state index is 12.2. The van der Waals surface area contributed by atoms with Gasteiger partial charge in [0.1, 0.15) is 0 Å². The van der Waals surface area contributed by atoms with E-state index in [4.69, 9.17) is 11.6 Å². The zero-order valence-electron chi connectivity index (χ0n) is 10.6. The molecule has 1 amide bonds. The van der Waals surface area contributed by atoms with Crippen LogP contribution in [-0.2, 0) is 16.3 Å². The molecule has 2 atom stereocenters. The van der Waals surface area contributed by atoms with E-state index in [2.05, 4.69) is 5.32 Å². The molecule has 6 heteroatoms. The predicted octanol–water partition coefficient (Wildman–Crippen LogP) is 1.38. The van der Waals surface area contributed by atoms with Gasteiger partial charge < -0.3 is 5.32 Å². The van der Waals surface area contributed by atoms with Gasteiger partial charge in [0.25, 0.3) is 5.91 Å². The van der Waals surface area contributed by atoms with Crippen molar-refractivity contribution in [2.45, 2.75) is 24.8 Å². The summed E-state index contributed by atoms with van der Waals surface area (Å²) in [6.07, 6.45) is 0.747. The molecule has 0 bridgehead atoms. The molecule has 0 aromatic heterocycles. The van der Waals surface area contributed by atoms with E-state index in [1.165, 1.54) is 0 Å². The molecule has 1 aliphatic heterocycles. The van der Waals surface area contributed by atoms with Gasteiger partial charge in [-0.3, -0.25) is 4.79 Å². The number of halogens is 1. The van der Waals surface area contributed by atoms with Crippen LogP contribution in [-0.4, -0.2) is 37.2 Å². The summed E-state index contributed by atoms with van der Waals surface area (Å²) < 4.78 is 22.9. The first-order chi connectivity index (χ1) is 8.93. The van der Waals surface area contributed by atoms with Gasteiger partial charge in [-0.05, 0) is 18.1 Å². The number of hydrogen-bond donors (Lipinski definition) is 1. The van der Waals surface area contributed by atoms with Crippen LogP contribution in [0, 0.1) is 0 Å².